The van der Waals surface area contributed by atoms with Gasteiger partial charge in [0.25, 0.3) is 0 Å². The summed E-state index contributed by atoms with van der Waals surface area (Å²) in [6.45, 7) is 11.1. The summed E-state index contributed by atoms with van der Waals surface area (Å²) in [5.41, 5.74) is -0.171. The first-order valence-corrected chi connectivity index (χ1v) is 10.6. The molecule has 5 heteroatoms. The molecule has 0 rings (SSSR count). The Kier molecular flexibility index (Phi) is 9.72. The lowest BCUT2D eigenvalue weighted by atomic mass is 9.88. The van der Waals surface area contributed by atoms with Gasteiger partial charge in [-0.05, 0) is 37.9 Å². The van der Waals surface area contributed by atoms with E-state index in [1.807, 2.05) is 6.08 Å². The summed E-state index contributed by atoms with van der Waals surface area (Å²) in [7, 11) is -3.00. The number of hydrogen-bond donors (Lipinski definition) is 2. The fraction of sp³-hybridized carbons (Fsp3) is 0.867. The van der Waals surface area contributed by atoms with E-state index >= 15 is 0 Å². The van der Waals surface area contributed by atoms with Gasteiger partial charge in [-0.1, -0.05) is 52.6 Å². The predicted octanol–water partition coefficient (Wildman–Crippen LogP) is 3.92. The van der Waals surface area contributed by atoms with Crippen molar-refractivity contribution in [3.05, 3.63) is 12.1 Å². The van der Waals surface area contributed by atoms with Crippen LogP contribution >= 0.6 is 0 Å². The Morgan fingerprint density at radius 2 is 1.65 bits per heavy atom. The molecule has 0 aliphatic heterocycles. The summed E-state index contributed by atoms with van der Waals surface area (Å²) < 4.78 is 6.68. The highest BCUT2D eigenvalue weighted by atomic mass is 28.4. The minimum atomic E-state index is -1.64. The van der Waals surface area contributed by atoms with Crippen LogP contribution in [-0.4, -0.2) is 31.1 Å². The van der Waals surface area contributed by atoms with Crippen molar-refractivity contribution in [1.29, 1.82) is 0 Å². The third kappa shape index (κ3) is 7.07. The monoisotopic (exact) mass is 300 g/mol. The molecule has 0 heterocycles. The van der Waals surface area contributed by atoms with E-state index in [9.17, 15) is 0 Å². The second kappa shape index (κ2) is 9.77. The molecular weight excluding hydrogens is 267 g/mol. The van der Waals surface area contributed by atoms with Crippen molar-refractivity contribution in [1.82, 2.24) is 0 Å². The van der Waals surface area contributed by atoms with E-state index in [4.69, 9.17) is 14.5 Å². The van der Waals surface area contributed by atoms with Crippen LogP contribution in [0.2, 0.25) is 18.1 Å². The molecule has 0 aliphatic rings. The van der Waals surface area contributed by atoms with Gasteiger partial charge >= 0.3 is 7.12 Å². The molecule has 0 fully saturated rings. The maximum absolute atomic E-state index is 8.93. The standard InChI is InChI=1S/C15H33BO3Si/c1-6-10-12-15(5,13-11-14-16(17)18)19-20(7-2,8-3)9-4/h11,14,17-18H,6-10,12-13H2,1-5H3/b14-11+. The van der Waals surface area contributed by atoms with Gasteiger partial charge in [0.1, 0.15) is 0 Å². The fourth-order valence-corrected chi connectivity index (χ4v) is 5.84. The smallest absolute Gasteiger partial charge is 0.424 e. The van der Waals surface area contributed by atoms with Crippen LogP contribution in [0, 0.1) is 0 Å². The second-order valence-corrected chi connectivity index (χ2v) is 10.6. The molecule has 0 spiro atoms. The highest BCUT2D eigenvalue weighted by molar-refractivity contribution is 6.73. The molecule has 20 heavy (non-hydrogen) atoms. The molecule has 2 N–H and O–H groups in total. The molecule has 1 atom stereocenters. The molecule has 118 valence electrons. The summed E-state index contributed by atoms with van der Waals surface area (Å²) in [4.78, 5) is 0. The van der Waals surface area contributed by atoms with Gasteiger partial charge in [-0.3, -0.25) is 0 Å². The third-order valence-electron chi connectivity index (χ3n) is 4.31. The zero-order chi connectivity index (χ0) is 15.6. The summed E-state index contributed by atoms with van der Waals surface area (Å²) >= 11 is 0. The Labute approximate surface area is 126 Å². The van der Waals surface area contributed by atoms with Crippen LogP contribution < -0.4 is 0 Å². The van der Waals surface area contributed by atoms with Gasteiger partial charge in [0.05, 0.1) is 5.60 Å². The minimum Gasteiger partial charge on any atom is -0.424 e. The van der Waals surface area contributed by atoms with E-state index in [-0.39, 0.29) is 5.60 Å². The quantitative estimate of drug-likeness (QED) is 0.569. The van der Waals surface area contributed by atoms with Crippen LogP contribution in [0.15, 0.2) is 12.1 Å². The molecule has 0 amide bonds. The van der Waals surface area contributed by atoms with Crippen LogP contribution in [0.25, 0.3) is 0 Å². The van der Waals surface area contributed by atoms with E-state index in [1.165, 1.54) is 5.98 Å². The van der Waals surface area contributed by atoms with Crippen molar-refractivity contribution >= 4 is 15.4 Å². The van der Waals surface area contributed by atoms with Crippen molar-refractivity contribution in [2.75, 3.05) is 0 Å². The number of hydrogen-bond acceptors (Lipinski definition) is 3. The van der Waals surface area contributed by atoms with Crippen molar-refractivity contribution in [3.8, 4) is 0 Å². The molecule has 0 radical (unpaired) electrons. The Bertz CT molecular complexity index is 272. The molecule has 0 aromatic heterocycles. The molecular formula is C15H33BO3Si. The molecule has 0 aromatic rings. The Morgan fingerprint density at radius 1 is 1.10 bits per heavy atom. The van der Waals surface area contributed by atoms with Gasteiger partial charge in [0, 0.05) is 0 Å². The summed E-state index contributed by atoms with van der Waals surface area (Å²) in [6, 6.07) is 3.44. The topological polar surface area (TPSA) is 49.7 Å². The lowest BCUT2D eigenvalue weighted by Crippen LogP contribution is -2.45. The molecule has 0 saturated carbocycles. The van der Waals surface area contributed by atoms with Crippen LogP contribution in [0.4, 0.5) is 0 Å². The number of rotatable bonds is 11. The number of unbranched alkanes of at least 4 members (excludes halogenated alkanes) is 1. The first kappa shape index (κ1) is 19.9. The molecule has 0 aromatic carbocycles. The van der Waals surface area contributed by atoms with E-state index in [0.717, 1.165) is 43.8 Å². The van der Waals surface area contributed by atoms with Crippen LogP contribution in [0.3, 0.4) is 0 Å². The van der Waals surface area contributed by atoms with E-state index in [1.54, 1.807) is 0 Å². The van der Waals surface area contributed by atoms with Gasteiger partial charge in [-0.15, -0.1) is 0 Å². The maximum Gasteiger partial charge on any atom is 0.480 e. The summed E-state index contributed by atoms with van der Waals surface area (Å²) in [5, 5.41) is 17.9. The van der Waals surface area contributed by atoms with Crippen molar-refractivity contribution < 1.29 is 14.5 Å². The van der Waals surface area contributed by atoms with Crippen LogP contribution in [0.5, 0.6) is 0 Å². The first-order valence-electron chi connectivity index (χ1n) is 8.10. The maximum atomic E-state index is 8.93. The lowest BCUT2D eigenvalue weighted by molar-refractivity contribution is 0.0666. The van der Waals surface area contributed by atoms with Crippen LogP contribution in [0.1, 0.15) is 60.3 Å². The molecule has 0 aliphatic carbocycles. The first-order chi connectivity index (χ1) is 9.37. The SMILES string of the molecule is CCCCC(C)(C/C=C/B(O)O)O[Si](CC)(CC)CC. The van der Waals surface area contributed by atoms with Crippen molar-refractivity contribution in [3.63, 3.8) is 0 Å². The van der Waals surface area contributed by atoms with Gasteiger partial charge in [-0.25, -0.2) is 0 Å². The fourth-order valence-electron chi connectivity index (χ4n) is 2.67. The second-order valence-electron chi connectivity index (χ2n) is 5.95. The average molecular weight is 300 g/mol. The van der Waals surface area contributed by atoms with E-state index in [2.05, 4.69) is 34.6 Å². The molecule has 0 saturated heterocycles. The third-order valence-corrected chi connectivity index (χ3v) is 9.10. The van der Waals surface area contributed by atoms with E-state index < -0.39 is 15.4 Å². The summed E-state index contributed by atoms with van der Waals surface area (Å²) in [6.07, 6.45) is 5.93. The normalized spacial score (nSPS) is 15.6. The molecule has 1 unspecified atom stereocenters. The van der Waals surface area contributed by atoms with E-state index in [0.29, 0.717) is 0 Å². The van der Waals surface area contributed by atoms with Gasteiger partial charge in [0.15, 0.2) is 8.32 Å². The van der Waals surface area contributed by atoms with Gasteiger partial charge < -0.3 is 14.5 Å². The zero-order valence-electron chi connectivity index (χ0n) is 14.0. The molecule has 0 bridgehead atoms. The Morgan fingerprint density at radius 3 is 2.05 bits per heavy atom. The van der Waals surface area contributed by atoms with Crippen LogP contribution in [-0.2, 0) is 4.43 Å². The Balaban J connectivity index is 4.91. The molecule has 3 nitrogen and oxygen atoms in total. The minimum absolute atomic E-state index is 0.171. The lowest BCUT2D eigenvalue weighted by Gasteiger charge is -2.40. The largest absolute Gasteiger partial charge is 0.480 e. The summed E-state index contributed by atoms with van der Waals surface area (Å²) in [5.74, 6) is 1.43. The average Bonchev–Trinajstić information content (AvgIpc) is 2.42. The van der Waals surface area contributed by atoms with Gasteiger partial charge in [-0.2, -0.15) is 0 Å². The highest BCUT2D eigenvalue weighted by Gasteiger charge is 2.37. The Hall–Kier alpha value is -0.0982. The predicted molar refractivity (Wildman–Crippen MR) is 90.2 cm³/mol. The van der Waals surface area contributed by atoms with Crippen molar-refractivity contribution in [2.24, 2.45) is 0 Å². The van der Waals surface area contributed by atoms with Crippen molar-refractivity contribution in [2.45, 2.75) is 84.0 Å². The highest BCUT2D eigenvalue weighted by Crippen LogP contribution is 2.33. The zero-order valence-corrected chi connectivity index (χ0v) is 15.0. The van der Waals surface area contributed by atoms with Gasteiger partial charge in [0.2, 0.25) is 0 Å².